The van der Waals surface area contributed by atoms with Crippen molar-refractivity contribution < 1.29 is 32.6 Å². The van der Waals surface area contributed by atoms with E-state index < -0.39 is 24.8 Å². The van der Waals surface area contributed by atoms with Crippen LogP contribution in [0.4, 0.5) is 13.2 Å². The summed E-state index contributed by atoms with van der Waals surface area (Å²) in [5, 5.41) is 9.25. The number of carbonyl (C=O) groups excluding carboxylic acids is 1. The fourth-order valence-corrected chi connectivity index (χ4v) is 3.01. The lowest BCUT2D eigenvalue weighted by atomic mass is 10.1. The van der Waals surface area contributed by atoms with Crippen LogP contribution in [0.2, 0.25) is 0 Å². The number of hydrogen-bond donors (Lipinski definition) is 1. The molecule has 1 aliphatic rings. The molecule has 2 aromatic heterocycles. The predicted octanol–water partition coefficient (Wildman–Crippen LogP) is 3.14. The zero-order chi connectivity index (χ0) is 20.6. The van der Waals surface area contributed by atoms with Crippen LogP contribution >= 0.6 is 0 Å². The van der Waals surface area contributed by atoms with E-state index in [1.807, 2.05) is 0 Å². The Balaban J connectivity index is 1.82. The number of nitrogens with zero attached hydrogens (tertiary/aromatic N) is 3. The highest BCUT2D eigenvalue weighted by Gasteiger charge is 2.35. The topological polar surface area (TPSA) is 92.6 Å². The number of carboxylic acids is 1. The van der Waals surface area contributed by atoms with Gasteiger partial charge in [0.2, 0.25) is 0 Å². The van der Waals surface area contributed by atoms with E-state index in [0.717, 1.165) is 0 Å². The summed E-state index contributed by atoms with van der Waals surface area (Å²) in [6.07, 6.45) is -2.00. The van der Waals surface area contributed by atoms with Crippen LogP contribution in [0.25, 0.3) is 0 Å². The van der Waals surface area contributed by atoms with E-state index >= 15 is 0 Å². The zero-order valence-corrected chi connectivity index (χ0v) is 14.9. The van der Waals surface area contributed by atoms with Crippen molar-refractivity contribution in [2.24, 2.45) is 0 Å². The lowest BCUT2D eigenvalue weighted by Crippen LogP contribution is -2.28. The molecule has 0 aliphatic carbocycles. The van der Waals surface area contributed by atoms with Gasteiger partial charge in [0.15, 0.2) is 12.3 Å². The molecular formula is C18H16F3N3O4. The Morgan fingerprint density at radius 2 is 2.11 bits per heavy atom. The highest BCUT2D eigenvalue weighted by Crippen LogP contribution is 2.33. The van der Waals surface area contributed by atoms with Gasteiger partial charge in [-0.2, -0.15) is 13.2 Å². The molecule has 0 radical (unpaired) electrons. The quantitative estimate of drug-likeness (QED) is 0.836. The molecule has 1 atom stereocenters. The van der Waals surface area contributed by atoms with Gasteiger partial charge >= 0.3 is 12.1 Å². The number of alkyl halides is 3. The number of aromatic nitrogens is 2. The van der Waals surface area contributed by atoms with Crippen molar-refractivity contribution in [3.8, 4) is 5.75 Å². The van der Waals surface area contributed by atoms with Gasteiger partial charge in [0.25, 0.3) is 5.91 Å². The van der Waals surface area contributed by atoms with Crippen molar-refractivity contribution in [2.75, 3.05) is 6.61 Å². The molecule has 7 nitrogen and oxygen atoms in total. The minimum atomic E-state index is -4.46. The Kier molecular flexibility index (Phi) is 4.97. The second kappa shape index (κ2) is 7.10. The summed E-state index contributed by atoms with van der Waals surface area (Å²) >= 11 is 0. The van der Waals surface area contributed by atoms with E-state index in [-0.39, 0.29) is 29.5 Å². The molecule has 0 fully saturated rings. The summed E-state index contributed by atoms with van der Waals surface area (Å²) in [6.45, 7) is 1.92. The first kappa shape index (κ1) is 19.6. The molecule has 1 N–H and O–H groups in total. The number of aromatic carboxylic acids is 1. The van der Waals surface area contributed by atoms with Gasteiger partial charge in [-0.05, 0) is 31.5 Å². The van der Waals surface area contributed by atoms with Crippen LogP contribution in [-0.4, -0.2) is 44.6 Å². The van der Waals surface area contributed by atoms with Crippen LogP contribution in [0.3, 0.4) is 0 Å². The molecule has 10 heteroatoms. The summed E-state index contributed by atoms with van der Waals surface area (Å²) in [7, 11) is 0. The number of carboxylic acid groups (broad SMARTS) is 1. The molecular weight excluding hydrogens is 379 g/mol. The highest BCUT2D eigenvalue weighted by atomic mass is 19.4. The van der Waals surface area contributed by atoms with Crippen LogP contribution in [0.5, 0.6) is 5.75 Å². The Labute approximate surface area is 157 Å². The van der Waals surface area contributed by atoms with Gasteiger partial charge in [-0.25, -0.2) is 9.78 Å². The Bertz CT molecular complexity index is 946. The van der Waals surface area contributed by atoms with Gasteiger partial charge in [0.1, 0.15) is 5.75 Å². The van der Waals surface area contributed by atoms with Gasteiger partial charge in [0.05, 0.1) is 17.9 Å². The molecule has 0 aromatic carbocycles. The molecule has 2 aromatic rings. The second-order valence-electron chi connectivity index (χ2n) is 6.38. The average Bonchev–Trinajstić information content (AvgIpc) is 2.96. The maximum atomic E-state index is 12.7. The van der Waals surface area contributed by atoms with Gasteiger partial charge < -0.3 is 14.7 Å². The van der Waals surface area contributed by atoms with E-state index in [9.17, 15) is 27.9 Å². The van der Waals surface area contributed by atoms with Gasteiger partial charge in [-0.15, -0.1) is 0 Å². The van der Waals surface area contributed by atoms with Crippen molar-refractivity contribution in [1.29, 1.82) is 0 Å². The molecule has 0 saturated carbocycles. The number of hydrogen-bond acceptors (Lipinski definition) is 5. The van der Waals surface area contributed by atoms with Gasteiger partial charge in [0, 0.05) is 23.9 Å². The molecule has 0 spiro atoms. The number of carbonyl (C=O) groups is 2. The normalized spacial score (nSPS) is 14.8. The molecule has 1 amide bonds. The summed E-state index contributed by atoms with van der Waals surface area (Å²) in [6, 6.07) is 2.48. The number of ether oxygens (including phenoxy) is 1. The Hall–Kier alpha value is -3.17. The first-order valence-corrected chi connectivity index (χ1v) is 8.26. The van der Waals surface area contributed by atoms with Crippen molar-refractivity contribution in [3.63, 3.8) is 0 Å². The Morgan fingerprint density at radius 1 is 1.39 bits per heavy atom. The van der Waals surface area contributed by atoms with Crippen LogP contribution in [-0.2, 0) is 6.54 Å². The third kappa shape index (κ3) is 3.75. The molecule has 148 valence electrons. The van der Waals surface area contributed by atoms with Crippen molar-refractivity contribution in [1.82, 2.24) is 14.9 Å². The monoisotopic (exact) mass is 395 g/mol. The number of rotatable bonds is 5. The predicted molar refractivity (Wildman–Crippen MR) is 90.0 cm³/mol. The van der Waals surface area contributed by atoms with E-state index in [4.69, 9.17) is 4.74 Å². The van der Waals surface area contributed by atoms with Crippen molar-refractivity contribution in [3.05, 3.63) is 52.6 Å². The SMILES string of the molecule is Cc1cc(C(C)N2Cc3c(ccnc3C(=O)O)C2=O)ncc1OCC(F)(F)F. The number of amides is 1. The van der Waals surface area contributed by atoms with E-state index in [2.05, 4.69) is 9.97 Å². The van der Waals surface area contributed by atoms with Crippen LogP contribution < -0.4 is 4.74 Å². The number of halogens is 3. The standard InChI is InChI=1S/C18H16F3N3O4/c1-9-5-13(23-6-14(9)28-8-18(19,20)21)10(2)24-7-12-11(16(24)25)3-4-22-15(12)17(26)27/h3-6,10H,7-8H2,1-2H3,(H,26,27). The number of pyridine rings is 2. The second-order valence-corrected chi connectivity index (χ2v) is 6.38. The fourth-order valence-electron chi connectivity index (χ4n) is 3.01. The maximum absolute atomic E-state index is 12.7. The molecule has 3 heterocycles. The van der Waals surface area contributed by atoms with Crippen molar-refractivity contribution >= 4 is 11.9 Å². The minimum Gasteiger partial charge on any atom is -0.482 e. The summed E-state index contributed by atoms with van der Waals surface area (Å²) in [5.41, 5.74) is 1.30. The van der Waals surface area contributed by atoms with Crippen LogP contribution in [0.15, 0.2) is 24.5 Å². The van der Waals surface area contributed by atoms with Gasteiger partial charge in [-0.3, -0.25) is 9.78 Å². The van der Waals surface area contributed by atoms with Crippen LogP contribution in [0, 0.1) is 6.92 Å². The third-order valence-electron chi connectivity index (χ3n) is 4.45. The molecule has 3 rings (SSSR count). The van der Waals surface area contributed by atoms with E-state index in [0.29, 0.717) is 16.8 Å². The highest BCUT2D eigenvalue weighted by molar-refractivity contribution is 6.01. The lowest BCUT2D eigenvalue weighted by Gasteiger charge is -2.24. The van der Waals surface area contributed by atoms with E-state index in [1.165, 1.54) is 23.4 Å². The van der Waals surface area contributed by atoms with Crippen LogP contribution in [0.1, 0.15) is 50.6 Å². The maximum Gasteiger partial charge on any atom is 0.422 e. The number of fused-ring (bicyclic) bond motifs is 1. The minimum absolute atomic E-state index is 0.00155. The summed E-state index contributed by atoms with van der Waals surface area (Å²) in [4.78, 5) is 33.4. The van der Waals surface area contributed by atoms with Crippen molar-refractivity contribution in [2.45, 2.75) is 32.6 Å². The summed E-state index contributed by atoms with van der Waals surface area (Å²) < 4.78 is 41.7. The first-order chi connectivity index (χ1) is 13.1. The number of aryl methyl sites for hydroxylation is 1. The molecule has 0 bridgehead atoms. The molecule has 1 unspecified atom stereocenters. The fraction of sp³-hybridized carbons (Fsp3) is 0.333. The lowest BCUT2D eigenvalue weighted by molar-refractivity contribution is -0.153. The summed E-state index contributed by atoms with van der Waals surface area (Å²) in [5.74, 6) is -1.58. The average molecular weight is 395 g/mol. The third-order valence-corrected chi connectivity index (χ3v) is 4.45. The first-order valence-electron chi connectivity index (χ1n) is 8.26. The van der Waals surface area contributed by atoms with Gasteiger partial charge in [-0.1, -0.05) is 0 Å². The van der Waals surface area contributed by atoms with E-state index in [1.54, 1.807) is 19.9 Å². The smallest absolute Gasteiger partial charge is 0.422 e. The largest absolute Gasteiger partial charge is 0.482 e. The molecule has 1 aliphatic heterocycles. The molecule has 28 heavy (non-hydrogen) atoms. The Morgan fingerprint density at radius 3 is 2.71 bits per heavy atom. The zero-order valence-electron chi connectivity index (χ0n) is 14.9. The molecule has 0 saturated heterocycles.